The van der Waals surface area contributed by atoms with Gasteiger partial charge >= 0.3 is 0 Å². The lowest BCUT2D eigenvalue weighted by Crippen LogP contribution is -2.34. The maximum atomic E-state index is 11.8. The number of carbonyl (C=O) groups is 1. The summed E-state index contributed by atoms with van der Waals surface area (Å²) < 4.78 is 5.13. The van der Waals surface area contributed by atoms with Gasteiger partial charge < -0.3 is 15.4 Å². The van der Waals surface area contributed by atoms with Crippen LogP contribution in [0.15, 0.2) is 30.3 Å². The molecule has 1 rings (SSSR count). The van der Waals surface area contributed by atoms with Crippen molar-refractivity contribution in [2.24, 2.45) is 5.73 Å². The Morgan fingerprint density at radius 3 is 2.62 bits per heavy atom. The molecule has 1 aromatic rings. The summed E-state index contributed by atoms with van der Waals surface area (Å²) in [6, 6.07) is 9.55. The van der Waals surface area contributed by atoms with Crippen LogP contribution in [0, 0.1) is 0 Å². The van der Waals surface area contributed by atoms with Crippen molar-refractivity contribution in [1.29, 1.82) is 0 Å². The van der Waals surface area contributed by atoms with Gasteiger partial charge in [-0.2, -0.15) is 0 Å². The van der Waals surface area contributed by atoms with E-state index in [-0.39, 0.29) is 12.5 Å². The van der Waals surface area contributed by atoms with Crippen LogP contribution in [0.1, 0.15) is 6.92 Å². The highest BCUT2D eigenvalue weighted by Gasteiger charge is 2.12. The molecule has 0 spiro atoms. The summed E-state index contributed by atoms with van der Waals surface area (Å²) in [6.45, 7) is 3.51. The quantitative estimate of drug-likeness (QED) is 0.731. The van der Waals surface area contributed by atoms with Crippen LogP contribution in [0.3, 0.4) is 0 Å². The predicted octanol–water partition coefficient (Wildman–Crippen LogP) is 1.01. The van der Waals surface area contributed by atoms with E-state index < -0.39 is 0 Å². The fourth-order valence-corrected chi connectivity index (χ4v) is 1.43. The fraction of sp³-hybridized carbons (Fsp3) is 0.417. The number of nitrogens with zero attached hydrogens (tertiary/aromatic N) is 1. The van der Waals surface area contributed by atoms with E-state index in [0.717, 1.165) is 5.69 Å². The van der Waals surface area contributed by atoms with Crippen molar-refractivity contribution in [2.45, 2.75) is 6.92 Å². The molecular formula is C12H18N2O2. The van der Waals surface area contributed by atoms with Gasteiger partial charge in [0.15, 0.2) is 0 Å². The molecule has 0 saturated heterocycles. The first-order valence-electron chi connectivity index (χ1n) is 5.42. The first-order chi connectivity index (χ1) is 7.79. The monoisotopic (exact) mass is 222 g/mol. The van der Waals surface area contributed by atoms with E-state index >= 15 is 0 Å². The van der Waals surface area contributed by atoms with Crippen LogP contribution in [0.2, 0.25) is 0 Å². The molecule has 4 nitrogen and oxygen atoms in total. The van der Waals surface area contributed by atoms with Gasteiger partial charge in [-0.3, -0.25) is 4.79 Å². The number of likely N-dealkylation sites (N-methyl/N-ethyl adjacent to an activating group) is 1. The number of nitrogens with two attached hydrogens (primary N) is 1. The van der Waals surface area contributed by atoms with E-state index in [4.69, 9.17) is 10.5 Å². The predicted molar refractivity (Wildman–Crippen MR) is 64.3 cm³/mol. The lowest BCUT2D eigenvalue weighted by Gasteiger charge is -2.20. The fourth-order valence-electron chi connectivity index (χ4n) is 1.43. The van der Waals surface area contributed by atoms with Gasteiger partial charge in [0.05, 0.1) is 6.61 Å². The summed E-state index contributed by atoms with van der Waals surface area (Å²) in [7, 11) is 0. The third-order valence-corrected chi connectivity index (χ3v) is 2.17. The molecule has 0 saturated carbocycles. The molecule has 0 atom stereocenters. The number of ether oxygens (including phenoxy) is 1. The third-order valence-electron chi connectivity index (χ3n) is 2.17. The summed E-state index contributed by atoms with van der Waals surface area (Å²) in [5.41, 5.74) is 6.18. The van der Waals surface area contributed by atoms with Gasteiger partial charge in [0.25, 0.3) is 5.91 Å². The Bertz CT molecular complexity index is 314. The maximum absolute atomic E-state index is 11.8. The number of carbonyl (C=O) groups excluding carboxylic acids is 1. The Morgan fingerprint density at radius 1 is 1.38 bits per heavy atom. The molecule has 16 heavy (non-hydrogen) atoms. The van der Waals surface area contributed by atoms with Crippen molar-refractivity contribution in [3.63, 3.8) is 0 Å². The van der Waals surface area contributed by atoms with Crippen LogP contribution in [-0.2, 0) is 9.53 Å². The standard InChI is InChI=1S/C12H18N2O2/c1-2-14(11-6-4-3-5-7-11)12(15)10-16-9-8-13/h3-7H,2,8-10,13H2,1H3. The van der Waals surface area contributed by atoms with E-state index in [1.807, 2.05) is 37.3 Å². The van der Waals surface area contributed by atoms with Crippen molar-refractivity contribution >= 4 is 11.6 Å². The minimum Gasteiger partial charge on any atom is -0.370 e. The molecule has 88 valence electrons. The number of hydrogen-bond donors (Lipinski definition) is 1. The minimum absolute atomic E-state index is 0.0397. The molecular weight excluding hydrogens is 204 g/mol. The molecule has 0 unspecified atom stereocenters. The number of para-hydroxylation sites is 1. The highest BCUT2D eigenvalue weighted by atomic mass is 16.5. The lowest BCUT2D eigenvalue weighted by molar-refractivity contribution is -0.122. The molecule has 2 N–H and O–H groups in total. The average molecular weight is 222 g/mol. The van der Waals surface area contributed by atoms with E-state index in [0.29, 0.717) is 19.7 Å². The van der Waals surface area contributed by atoms with Gasteiger partial charge in [-0.15, -0.1) is 0 Å². The Morgan fingerprint density at radius 2 is 2.06 bits per heavy atom. The Kier molecular flexibility index (Phi) is 5.53. The molecule has 0 aromatic heterocycles. The zero-order valence-electron chi connectivity index (χ0n) is 9.56. The van der Waals surface area contributed by atoms with Gasteiger partial charge in [-0.1, -0.05) is 18.2 Å². The number of amides is 1. The number of hydrogen-bond acceptors (Lipinski definition) is 3. The molecule has 0 radical (unpaired) electrons. The second kappa shape index (κ2) is 6.98. The largest absolute Gasteiger partial charge is 0.370 e. The van der Waals surface area contributed by atoms with Crippen LogP contribution in [-0.4, -0.2) is 32.2 Å². The van der Waals surface area contributed by atoms with Gasteiger partial charge in [-0.05, 0) is 19.1 Å². The zero-order chi connectivity index (χ0) is 11.8. The average Bonchev–Trinajstić information content (AvgIpc) is 2.32. The summed E-state index contributed by atoms with van der Waals surface area (Å²) in [5, 5.41) is 0. The lowest BCUT2D eigenvalue weighted by atomic mass is 10.3. The molecule has 1 amide bonds. The maximum Gasteiger partial charge on any atom is 0.252 e. The molecule has 0 aliphatic rings. The first kappa shape index (κ1) is 12.7. The molecule has 0 fully saturated rings. The molecule has 0 aliphatic carbocycles. The highest BCUT2D eigenvalue weighted by molar-refractivity contribution is 5.94. The van der Waals surface area contributed by atoms with E-state index in [2.05, 4.69) is 0 Å². The van der Waals surface area contributed by atoms with E-state index in [1.54, 1.807) is 4.90 Å². The third kappa shape index (κ3) is 3.64. The smallest absolute Gasteiger partial charge is 0.252 e. The van der Waals surface area contributed by atoms with Crippen molar-refractivity contribution in [2.75, 3.05) is 31.2 Å². The highest BCUT2D eigenvalue weighted by Crippen LogP contribution is 2.12. The molecule has 0 aliphatic heterocycles. The summed E-state index contributed by atoms with van der Waals surface area (Å²) in [5.74, 6) is -0.0397. The van der Waals surface area contributed by atoms with Gasteiger partial charge in [0.2, 0.25) is 0 Å². The van der Waals surface area contributed by atoms with E-state index in [1.165, 1.54) is 0 Å². The van der Waals surface area contributed by atoms with Crippen LogP contribution in [0.25, 0.3) is 0 Å². The number of anilines is 1. The summed E-state index contributed by atoms with van der Waals surface area (Å²) in [4.78, 5) is 13.5. The molecule has 4 heteroatoms. The molecule has 0 heterocycles. The van der Waals surface area contributed by atoms with Gasteiger partial charge in [0.1, 0.15) is 6.61 Å². The Balaban J connectivity index is 2.57. The zero-order valence-corrected chi connectivity index (χ0v) is 9.56. The summed E-state index contributed by atoms with van der Waals surface area (Å²) in [6.07, 6.45) is 0. The van der Waals surface area contributed by atoms with Crippen LogP contribution in [0.4, 0.5) is 5.69 Å². The van der Waals surface area contributed by atoms with Crippen molar-refractivity contribution in [3.05, 3.63) is 30.3 Å². The Hall–Kier alpha value is -1.39. The van der Waals surface area contributed by atoms with E-state index in [9.17, 15) is 4.79 Å². The first-order valence-corrected chi connectivity index (χ1v) is 5.42. The van der Waals surface area contributed by atoms with Gasteiger partial charge in [0, 0.05) is 18.8 Å². The Labute approximate surface area is 96.0 Å². The molecule has 1 aromatic carbocycles. The van der Waals surface area contributed by atoms with Crippen molar-refractivity contribution in [3.8, 4) is 0 Å². The topological polar surface area (TPSA) is 55.6 Å². The van der Waals surface area contributed by atoms with Crippen molar-refractivity contribution in [1.82, 2.24) is 0 Å². The normalized spacial score (nSPS) is 10.1. The van der Waals surface area contributed by atoms with Crippen LogP contribution >= 0.6 is 0 Å². The summed E-state index contributed by atoms with van der Waals surface area (Å²) >= 11 is 0. The minimum atomic E-state index is -0.0397. The second-order valence-electron chi connectivity index (χ2n) is 3.31. The molecule has 0 bridgehead atoms. The van der Waals surface area contributed by atoms with Crippen LogP contribution in [0.5, 0.6) is 0 Å². The second-order valence-corrected chi connectivity index (χ2v) is 3.31. The van der Waals surface area contributed by atoms with Gasteiger partial charge in [-0.25, -0.2) is 0 Å². The van der Waals surface area contributed by atoms with Crippen molar-refractivity contribution < 1.29 is 9.53 Å². The number of benzene rings is 1. The van der Waals surface area contributed by atoms with Crippen LogP contribution < -0.4 is 10.6 Å². The number of rotatable bonds is 6. The SMILES string of the molecule is CCN(C(=O)COCCN)c1ccccc1.